The Kier molecular flexibility index (Phi) is 5.35. The summed E-state index contributed by atoms with van der Waals surface area (Å²) in [5, 5.41) is 12.9. The molecular formula is C15H23NO2. The van der Waals surface area contributed by atoms with Crippen LogP contribution in [0.1, 0.15) is 49.5 Å². The molecule has 0 aromatic heterocycles. The first-order chi connectivity index (χ1) is 8.40. The molecule has 18 heavy (non-hydrogen) atoms. The predicted octanol–water partition coefficient (Wildman–Crippen LogP) is 2.64. The van der Waals surface area contributed by atoms with E-state index in [1.54, 1.807) is 0 Å². The van der Waals surface area contributed by atoms with Gasteiger partial charge < -0.3 is 10.4 Å². The summed E-state index contributed by atoms with van der Waals surface area (Å²) in [7, 11) is 0. The Balaban J connectivity index is 2.55. The van der Waals surface area contributed by atoms with Crippen molar-refractivity contribution in [2.24, 2.45) is 0 Å². The number of carbonyl (C=O) groups is 1. The molecule has 1 aromatic carbocycles. The Labute approximate surface area is 109 Å². The highest BCUT2D eigenvalue weighted by atomic mass is 16.3. The minimum Gasteiger partial charge on any atom is -0.388 e. The fourth-order valence-corrected chi connectivity index (χ4v) is 2.02. The van der Waals surface area contributed by atoms with E-state index in [9.17, 15) is 9.90 Å². The molecule has 1 unspecified atom stereocenters. The number of aliphatic hydroxyl groups excluding tert-OH is 1. The second-order valence-electron chi connectivity index (χ2n) is 5.14. The van der Waals surface area contributed by atoms with Gasteiger partial charge in [-0.1, -0.05) is 23.8 Å². The molecule has 0 saturated carbocycles. The maximum absolute atomic E-state index is 11.5. The summed E-state index contributed by atoms with van der Waals surface area (Å²) in [6, 6.07) is 6.12. The molecule has 0 saturated heterocycles. The molecule has 100 valence electrons. The fraction of sp³-hybridized carbons (Fsp3) is 0.533. The van der Waals surface area contributed by atoms with E-state index in [1.165, 1.54) is 5.56 Å². The number of aryl methyl sites for hydroxylation is 2. The standard InChI is InChI=1S/C15H23NO2/c1-10(2)16-15(18)8-7-14(17)13-6-5-11(3)9-12(13)4/h5-6,9-10,14,17H,7-8H2,1-4H3,(H,16,18). The summed E-state index contributed by atoms with van der Waals surface area (Å²) in [6.07, 6.45) is 0.248. The van der Waals surface area contributed by atoms with Crippen molar-refractivity contribution in [3.8, 4) is 0 Å². The summed E-state index contributed by atoms with van der Waals surface area (Å²) in [4.78, 5) is 11.5. The Bertz CT molecular complexity index is 413. The van der Waals surface area contributed by atoms with Gasteiger partial charge in [0.15, 0.2) is 0 Å². The van der Waals surface area contributed by atoms with Crippen molar-refractivity contribution in [1.82, 2.24) is 5.32 Å². The van der Waals surface area contributed by atoms with Crippen molar-refractivity contribution in [1.29, 1.82) is 0 Å². The van der Waals surface area contributed by atoms with Gasteiger partial charge in [0, 0.05) is 12.5 Å². The zero-order valence-corrected chi connectivity index (χ0v) is 11.7. The van der Waals surface area contributed by atoms with Crippen molar-refractivity contribution < 1.29 is 9.90 Å². The van der Waals surface area contributed by atoms with Gasteiger partial charge in [0.25, 0.3) is 0 Å². The van der Waals surface area contributed by atoms with E-state index < -0.39 is 6.10 Å². The normalized spacial score (nSPS) is 12.6. The number of nitrogens with one attached hydrogen (secondary N) is 1. The van der Waals surface area contributed by atoms with Crippen LogP contribution in [0.4, 0.5) is 0 Å². The molecule has 0 bridgehead atoms. The van der Waals surface area contributed by atoms with Crippen LogP contribution in [0.2, 0.25) is 0 Å². The largest absolute Gasteiger partial charge is 0.388 e. The number of amides is 1. The molecule has 0 radical (unpaired) electrons. The summed E-state index contributed by atoms with van der Waals surface area (Å²) < 4.78 is 0. The van der Waals surface area contributed by atoms with Crippen LogP contribution in [-0.2, 0) is 4.79 Å². The molecule has 1 aromatic rings. The molecule has 0 spiro atoms. The summed E-state index contributed by atoms with van der Waals surface area (Å²) in [5.41, 5.74) is 3.17. The Morgan fingerprint density at radius 2 is 2.00 bits per heavy atom. The van der Waals surface area contributed by atoms with Gasteiger partial charge in [-0.05, 0) is 45.2 Å². The Hall–Kier alpha value is -1.35. The molecule has 0 heterocycles. The van der Waals surface area contributed by atoms with Crippen LogP contribution < -0.4 is 5.32 Å². The van der Waals surface area contributed by atoms with E-state index in [0.717, 1.165) is 11.1 Å². The highest BCUT2D eigenvalue weighted by Crippen LogP contribution is 2.22. The monoisotopic (exact) mass is 249 g/mol. The van der Waals surface area contributed by atoms with Gasteiger partial charge in [-0.2, -0.15) is 0 Å². The smallest absolute Gasteiger partial charge is 0.220 e. The van der Waals surface area contributed by atoms with Crippen LogP contribution in [0.5, 0.6) is 0 Å². The van der Waals surface area contributed by atoms with E-state index in [1.807, 2.05) is 45.9 Å². The van der Waals surface area contributed by atoms with Gasteiger partial charge in [0.2, 0.25) is 5.91 Å². The third-order valence-electron chi connectivity index (χ3n) is 2.88. The lowest BCUT2D eigenvalue weighted by molar-refractivity contribution is -0.122. The maximum Gasteiger partial charge on any atom is 0.220 e. The summed E-state index contributed by atoms with van der Waals surface area (Å²) in [5.74, 6) is -0.00573. The van der Waals surface area contributed by atoms with Gasteiger partial charge in [0.05, 0.1) is 6.10 Å². The lowest BCUT2D eigenvalue weighted by Gasteiger charge is -2.15. The highest BCUT2D eigenvalue weighted by Gasteiger charge is 2.13. The SMILES string of the molecule is Cc1ccc(C(O)CCC(=O)NC(C)C)c(C)c1. The van der Waals surface area contributed by atoms with Crippen LogP contribution in [-0.4, -0.2) is 17.1 Å². The van der Waals surface area contributed by atoms with Crippen molar-refractivity contribution in [3.05, 3.63) is 34.9 Å². The van der Waals surface area contributed by atoms with Gasteiger partial charge in [-0.25, -0.2) is 0 Å². The lowest BCUT2D eigenvalue weighted by Crippen LogP contribution is -2.30. The first kappa shape index (κ1) is 14.7. The molecule has 2 N–H and O–H groups in total. The van der Waals surface area contributed by atoms with Gasteiger partial charge in [0.1, 0.15) is 0 Å². The number of carbonyl (C=O) groups excluding carboxylic acids is 1. The number of aliphatic hydroxyl groups is 1. The molecule has 1 amide bonds. The minimum atomic E-state index is -0.566. The van der Waals surface area contributed by atoms with Crippen LogP contribution in [0, 0.1) is 13.8 Å². The van der Waals surface area contributed by atoms with Crippen molar-refractivity contribution >= 4 is 5.91 Å². The predicted molar refractivity (Wildman–Crippen MR) is 73.4 cm³/mol. The van der Waals surface area contributed by atoms with E-state index in [2.05, 4.69) is 5.32 Å². The van der Waals surface area contributed by atoms with E-state index in [0.29, 0.717) is 12.8 Å². The molecule has 0 aliphatic rings. The average molecular weight is 249 g/mol. The van der Waals surface area contributed by atoms with Gasteiger partial charge >= 0.3 is 0 Å². The maximum atomic E-state index is 11.5. The number of benzene rings is 1. The van der Waals surface area contributed by atoms with Crippen LogP contribution in [0.25, 0.3) is 0 Å². The third kappa shape index (κ3) is 4.49. The molecular weight excluding hydrogens is 226 g/mol. The second-order valence-corrected chi connectivity index (χ2v) is 5.14. The van der Waals surface area contributed by atoms with Crippen molar-refractivity contribution in [2.75, 3.05) is 0 Å². The number of hydrogen-bond acceptors (Lipinski definition) is 2. The second kappa shape index (κ2) is 6.55. The summed E-state index contributed by atoms with van der Waals surface area (Å²) >= 11 is 0. The van der Waals surface area contributed by atoms with Crippen molar-refractivity contribution in [3.63, 3.8) is 0 Å². The highest BCUT2D eigenvalue weighted by molar-refractivity contribution is 5.76. The molecule has 1 atom stereocenters. The first-order valence-electron chi connectivity index (χ1n) is 6.44. The first-order valence-corrected chi connectivity index (χ1v) is 6.44. The minimum absolute atomic E-state index is 0.00573. The average Bonchev–Trinajstić information content (AvgIpc) is 2.25. The molecule has 0 aliphatic carbocycles. The zero-order valence-electron chi connectivity index (χ0n) is 11.7. The molecule has 3 nitrogen and oxygen atoms in total. The van der Waals surface area contributed by atoms with E-state index in [4.69, 9.17) is 0 Å². The zero-order chi connectivity index (χ0) is 13.7. The lowest BCUT2D eigenvalue weighted by atomic mass is 9.98. The van der Waals surface area contributed by atoms with Crippen LogP contribution in [0.15, 0.2) is 18.2 Å². The molecule has 0 fully saturated rings. The van der Waals surface area contributed by atoms with Gasteiger partial charge in [-0.3, -0.25) is 4.79 Å². The van der Waals surface area contributed by atoms with E-state index >= 15 is 0 Å². The van der Waals surface area contributed by atoms with Crippen molar-refractivity contribution in [2.45, 2.75) is 52.7 Å². The molecule has 1 rings (SSSR count). The van der Waals surface area contributed by atoms with Gasteiger partial charge in [-0.15, -0.1) is 0 Å². The molecule has 3 heteroatoms. The topological polar surface area (TPSA) is 49.3 Å². The number of hydrogen-bond donors (Lipinski definition) is 2. The van der Waals surface area contributed by atoms with E-state index in [-0.39, 0.29) is 11.9 Å². The third-order valence-corrected chi connectivity index (χ3v) is 2.88. The van der Waals surface area contributed by atoms with Crippen LogP contribution >= 0.6 is 0 Å². The van der Waals surface area contributed by atoms with Crippen LogP contribution in [0.3, 0.4) is 0 Å². The fourth-order valence-electron chi connectivity index (χ4n) is 2.02. The summed E-state index contributed by atoms with van der Waals surface area (Å²) in [6.45, 7) is 7.87. The molecule has 0 aliphatic heterocycles. The Morgan fingerprint density at radius 3 is 2.56 bits per heavy atom. The number of rotatable bonds is 5. The Morgan fingerprint density at radius 1 is 1.33 bits per heavy atom. The quantitative estimate of drug-likeness (QED) is 0.843.